The maximum Gasteiger partial charge on any atom is 0.257 e. The van der Waals surface area contributed by atoms with Crippen molar-refractivity contribution in [3.63, 3.8) is 0 Å². The molecule has 0 aliphatic heterocycles. The molecule has 0 aliphatic carbocycles. The van der Waals surface area contributed by atoms with E-state index in [0.717, 1.165) is 0 Å². The van der Waals surface area contributed by atoms with Crippen LogP contribution in [0.15, 0.2) is 60.9 Å². The molecule has 0 saturated carbocycles. The third-order valence-corrected chi connectivity index (χ3v) is 3.86. The zero-order valence-electron chi connectivity index (χ0n) is 12.8. The summed E-state index contributed by atoms with van der Waals surface area (Å²) in [6.45, 7) is 0. The Morgan fingerprint density at radius 2 is 1.84 bits per heavy atom. The Kier molecular flexibility index (Phi) is 5.16. The van der Waals surface area contributed by atoms with Crippen molar-refractivity contribution in [1.29, 1.82) is 0 Å². The molecule has 1 heterocycles. The fourth-order valence-corrected chi connectivity index (χ4v) is 2.49. The minimum absolute atomic E-state index is 0.312. The lowest BCUT2D eigenvalue weighted by atomic mass is 10.2. The van der Waals surface area contributed by atoms with Crippen LogP contribution < -0.4 is 10.6 Å². The number of halogens is 3. The topological polar surface area (TPSA) is 54.0 Å². The van der Waals surface area contributed by atoms with E-state index in [2.05, 4.69) is 15.6 Å². The van der Waals surface area contributed by atoms with Gasteiger partial charge in [-0.3, -0.25) is 9.78 Å². The molecule has 0 unspecified atom stereocenters. The first kappa shape index (κ1) is 17.2. The summed E-state index contributed by atoms with van der Waals surface area (Å²) in [4.78, 5) is 16.3. The Morgan fingerprint density at radius 1 is 1.00 bits per heavy atom. The van der Waals surface area contributed by atoms with Gasteiger partial charge >= 0.3 is 0 Å². The number of benzene rings is 2. The van der Waals surface area contributed by atoms with Crippen molar-refractivity contribution in [2.45, 2.75) is 0 Å². The minimum Gasteiger partial charge on any atom is -0.353 e. The van der Waals surface area contributed by atoms with Crippen molar-refractivity contribution < 1.29 is 9.18 Å². The summed E-state index contributed by atoms with van der Waals surface area (Å²) in [5.74, 6) is -0.833. The zero-order chi connectivity index (χ0) is 17.8. The first-order valence-corrected chi connectivity index (χ1v) is 8.01. The fraction of sp³-hybridized carbons (Fsp3) is 0. The predicted octanol–water partition coefficient (Wildman–Crippen LogP) is 5.52. The van der Waals surface area contributed by atoms with Gasteiger partial charge in [0.25, 0.3) is 5.91 Å². The van der Waals surface area contributed by atoms with Crippen molar-refractivity contribution in [2.75, 3.05) is 10.6 Å². The highest BCUT2D eigenvalue weighted by Crippen LogP contribution is 2.28. The summed E-state index contributed by atoms with van der Waals surface area (Å²) in [5, 5.41) is 6.69. The summed E-state index contributed by atoms with van der Waals surface area (Å²) in [6.07, 6.45) is 2.97. The number of amides is 1. The lowest BCUT2D eigenvalue weighted by Gasteiger charge is -2.10. The van der Waals surface area contributed by atoms with Crippen LogP contribution in [0.5, 0.6) is 0 Å². The first-order chi connectivity index (χ1) is 12.0. The van der Waals surface area contributed by atoms with Crippen molar-refractivity contribution in [2.24, 2.45) is 0 Å². The van der Waals surface area contributed by atoms with Crippen LogP contribution in [-0.2, 0) is 0 Å². The van der Waals surface area contributed by atoms with Gasteiger partial charge < -0.3 is 10.6 Å². The number of carbonyl (C=O) groups excluding carboxylic acids is 1. The third kappa shape index (κ3) is 4.47. The molecule has 3 rings (SSSR count). The zero-order valence-corrected chi connectivity index (χ0v) is 14.3. The van der Waals surface area contributed by atoms with Crippen LogP contribution in [0, 0.1) is 5.82 Å². The van der Waals surface area contributed by atoms with E-state index < -0.39 is 11.7 Å². The molecule has 0 aliphatic rings. The van der Waals surface area contributed by atoms with Crippen LogP contribution in [0.4, 0.5) is 21.5 Å². The molecule has 0 radical (unpaired) electrons. The highest BCUT2D eigenvalue weighted by atomic mass is 35.5. The smallest absolute Gasteiger partial charge is 0.257 e. The summed E-state index contributed by atoms with van der Waals surface area (Å²) >= 11 is 12.1. The molecule has 7 heteroatoms. The van der Waals surface area contributed by atoms with Gasteiger partial charge in [-0.15, -0.1) is 0 Å². The van der Waals surface area contributed by atoms with Crippen LogP contribution in [0.25, 0.3) is 0 Å². The summed E-state index contributed by atoms with van der Waals surface area (Å²) in [5.41, 5.74) is 1.84. The summed E-state index contributed by atoms with van der Waals surface area (Å²) in [7, 11) is 0. The summed E-state index contributed by atoms with van der Waals surface area (Å²) in [6, 6.07) is 12.3. The molecule has 4 nitrogen and oxygen atoms in total. The maximum absolute atomic E-state index is 13.2. The molecular weight excluding hydrogens is 364 g/mol. The molecule has 2 aromatic carbocycles. The van der Waals surface area contributed by atoms with Crippen LogP contribution in [-0.4, -0.2) is 10.9 Å². The summed E-state index contributed by atoms with van der Waals surface area (Å²) < 4.78 is 13.2. The van der Waals surface area contributed by atoms with E-state index in [1.54, 1.807) is 36.5 Å². The Hall–Kier alpha value is -2.63. The largest absolute Gasteiger partial charge is 0.353 e. The molecule has 3 aromatic rings. The van der Waals surface area contributed by atoms with Gasteiger partial charge in [-0.1, -0.05) is 29.3 Å². The molecule has 0 bridgehead atoms. The van der Waals surface area contributed by atoms with Gasteiger partial charge in [0, 0.05) is 16.9 Å². The quantitative estimate of drug-likeness (QED) is 0.630. The molecule has 1 amide bonds. The molecular formula is C18H12Cl2FN3O. The van der Waals surface area contributed by atoms with Crippen LogP contribution >= 0.6 is 23.2 Å². The lowest BCUT2D eigenvalue weighted by molar-refractivity contribution is 0.102. The number of carbonyl (C=O) groups is 1. The normalized spacial score (nSPS) is 10.4. The molecule has 1 aromatic heterocycles. The van der Waals surface area contributed by atoms with Crippen molar-refractivity contribution in [3.8, 4) is 0 Å². The van der Waals surface area contributed by atoms with Crippen molar-refractivity contribution >= 4 is 46.2 Å². The van der Waals surface area contributed by atoms with E-state index in [9.17, 15) is 9.18 Å². The second kappa shape index (κ2) is 7.51. The number of aromatic nitrogens is 1. The molecule has 0 saturated heterocycles. The Labute approximate surface area is 153 Å². The van der Waals surface area contributed by atoms with E-state index in [-0.39, 0.29) is 0 Å². The average Bonchev–Trinajstić information content (AvgIpc) is 2.58. The number of hydrogen-bond acceptors (Lipinski definition) is 3. The van der Waals surface area contributed by atoms with Gasteiger partial charge in [0.1, 0.15) is 5.82 Å². The number of pyridine rings is 1. The highest BCUT2D eigenvalue weighted by molar-refractivity contribution is 6.35. The SMILES string of the molecule is O=C(Nc1cccc(F)c1)c1cncc(Nc2cc(Cl)ccc2Cl)c1. The molecule has 2 N–H and O–H groups in total. The number of nitrogens with zero attached hydrogens (tertiary/aromatic N) is 1. The van der Waals surface area contributed by atoms with Gasteiger partial charge in [-0.25, -0.2) is 4.39 Å². The van der Waals surface area contributed by atoms with E-state index in [0.29, 0.717) is 32.7 Å². The molecule has 25 heavy (non-hydrogen) atoms. The van der Waals surface area contributed by atoms with Gasteiger partial charge in [0.05, 0.1) is 28.2 Å². The van der Waals surface area contributed by atoms with Crippen LogP contribution in [0.1, 0.15) is 10.4 Å². The Morgan fingerprint density at radius 3 is 2.64 bits per heavy atom. The van der Waals surface area contributed by atoms with Gasteiger partial charge in [-0.05, 0) is 42.5 Å². The second-order valence-electron chi connectivity index (χ2n) is 5.18. The van der Waals surface area contributed by atoms with Crippen molar-refractivity contribution in [1.82, 2.24) is 4.98 Å². The number of nitrogens with one attached hydrogen (secondary N) is 2. The molecule has 0 spiro atoms. The standard InChI is InChI=1S/C18H12Cl2FN3O/c19-12-4-5-16(20)17(7-12)23-15-6-11(9-22-10-15)18(25)24-14-3-1-2-13(21)8-14/h1-10,23H,(H,24,25). The minimum atomic E-state index is -0.429. The maximum atomic E-state index is 13.2. The van der Waals surface area contributed by atoms with Gasteiger partial charge in [-0.2, -0.15) is 0 Å². The first-order valence-electron chi connectivity index (χ1n) is 7.25. The van der Waals surface area contributed by atoms with Gasteiger partial charge in [0.15, 0.2) is 0 Å². The predicted molar refractivity (Wildman–Crippen MR) is 98.3 cm³/mol. The van der Waals surface area contributed by atoms with Gasteiger partial charge in [0.2, 0.25) is 0 Å². The van der Waals surface area contributed by atoms with Crippen LogP contribution in [0.2, 0.25) is 10.0 Å². The van der Waals surface area contributed by atoms with Crippen molar-refractivity contribution in [3.05, 3.63) is 82.4 Å². The Bertz CT molecular complexity index is 934. The number of hydrogen-bond donors (Lipinski definition) is 2. The molecule has 0 atom stereocenters. The van der Waals surface area contributed by atoms with Crippen LogP contribution in [0.3, 0.4) is 0 Å². The molecule has 0 fully saturated rings. The average molecular weight is 376 g/mol. The van der Waals surface area contributed by atoms with E-state index in [1.807, 2.05) is 0 Å². The monoisotopic (exact) mass is 375 g/mol. The van der Waals surface area contributed by atoms with E-state index in [1.165, 1.54) is 24.4 Å². The fourth-order valence-electron chi connectivity index (χ4n) is 2.15. The van der Waals surface area contributed by atoms with E-state index >= 15 is 0 Å². The highest BCUT2D eigenvalue weighted by Gasteiger charge is 2.09. The second-order valence-corrected chi connectivity index (χ2v) is 6.02. The third-order valence-electron chi connectivity index (χ3n) is 3.29. The number of rotatable bonds is 4. The Balaban J connectivity index is 1.79. The lowest BCUT2D eigenvalue weighted by Crippen LogP contribution is -2.12. The van der Waals surface area contributed by atoms with E-state index in [4.69, 9.17) is 23.2 Å². The molecule has 126 valence electrons. The number of anilines is 3.